The molecule has 18 heavy (non-hydrogen) atoms. The molecule has 100 valence electrons. The van der Waals surface area contributed by atoms with Crippen LogP contribution in [0.1, 0.15) is 19.4 Å². The number of nitrogens with one attached hydrogen (secondary N) is 1. The molecule has 0 aliphatic heterocycles. The van der Waals surface area contributed by atoms with E-state index in [4.69, 9.17) is 5.73 Å². The molecule has 0 unspecified atom stereocenters. The molecular weight excluding hydrogens is 224 g/mol. The summed E-state index contributed by atoms with van der Waals surface area (Å²) in [4.78, 5) is 6.52. The normalized spacial score (nSPS) is 12.9. The van der Waals surface area contributed by atoms with Gasteiger partial charge in [-0.15, -0.1) is 0 Å². The molecule has 1 rings (SSSR count). The second-order valence-electron chi connectivity index (χ2n) is 5.40. The standard InChI is InChI=1S/C14H24N4/c1-11-7-6-8-12(9-11)17-13(15)16-10-14(2,3)18(4)5/h6-9H,10H2,1-5H3,(H3,15,16,17). The van der Waals surface area contributed by atoms with Gasteiger partial charge in [0.15, 0.2) is 5.96 Å². The van der Waals surface area contributed by atoms with Gasteiger partial charge in [-0.3, -0.25) is 4.99 Å². The Morgan fingerprint density at radius 3 is 2.61 bits per heavy atom. The lowest BCUT2D eigenvalue weighted by Gasteiger charge is -2.30. The maximum absolute atomic E-state index is 5.88. The van der Waals surface area contributed by atoms with Gasteiger partial charge in [0.1, 0.15) is 0 Å². The lowest BCUT2D eigenvalue weighted by molar-refractivity contribution is 0.205. The minimum Gasteiger partial charge on any atom is -0.370 e. The molecule has 0 aliphatic carbocycles. The molecule has 1 aromatic rings. The Morgan fingerprint density at radius 1 is 1.39 bits per heavy atom. The highest BCUT2D eigenvalue weighted by molar-refractivity contribution is 5.92. The van der Waals surface area contributed by atoms with E-state index in [1.165, 1.54) is 5.56 Å². The molecule has 0 saturated carbocycles. The number of guanidine groups is 1. The van der Waals surface area contributed by atoms with Gasteiger partial charge >= 0.3 is 0 Å². The van der Waals surface area contributed by atoms with Crippen molar-refractivity contribution in [2.24, 2.45) is 10.7 Å². The summed E-state index contributed by atoms with van der Waals surface area (Å²) >= 11 is 0. The van der Waals surface area contributed by atoms with E-state index in [9.17, 15) is 0 Å². The molecule has 0 atom stereocenters. The van der Waals surface area contributed by atoms with Crippen LogP contribution in [0.15, 0.2) is 29.3 Å². The van der Waals surface area contributed by atoms with Gasteiger partial charge in [0.2, 0.25) is 0 Å². The number of rotatable bonds is 4. The number of hydrogen-bond acceptors (Lipinski definition) is 2. The Labute approximate surface area is 110 Å². The first-order valence-electron chi connectivity index (χ1n) is 6.12. The van der Waals surface area contributed by atoms with Crippen LogP contribution in [-0.2, 0) is 0 Å². The van der Waals surface area contributed by atoms with Crippen LogP contribution in [0, 0.1) is 6.92 Å². The van der Waals surface area contributed by atoms with E-state index in [2.05, 4.69) is 29.1 Å². The van der Waals surface area contributed by atoms with Gasteiger partial charge in [-0.05, 0) is 52.6 Å². The molecule has 3 N–H and O–H groups in total. The summed E-state index contributed by atoms with van der Waals surface area (Å²) in [6.07, 6.45) is 0. The van der Waals surface area contributed by atoms with E-state index in [0.717, 1.165) is 5.69 Å². The summed E-state index contributed by atoms with van der Waals surface area (Å²) in [5.74, 6) is 0.454. The molecule has 4 heteroatoms. The van der Waals surface area contributed by atoms with Crippen molar-refractivity contribution in [1.82, 2.24) is 4.90 Å². The first-order valence-corrected chi connectivity index (χ1v) is 6.12. The third kappa shape index (κ3) is 4.37. The minimum atomic E-state index is -0.00109. The van der Waals surface area contributed by atoms with Gasteiger partial charge in [0.05, 0.1) is 6.54 Å². The molecule has 0 aliphatic rings. The van der Waals surface area contributed by atoms with Crippen molar-refractivity contribution in [2.45, 2.75) is 26.3 Å². The molecular formula is C14H24N4. The second-order valence-corrected chi connectivity index (χ2v) is 5.40. The number of hydrogen-bond donors (Lipinski definition) is 2. The predicted octanol–water partition coefficient (Wildman–Crippen LogP) is 2.06. The fourth-order valence-corrected chi connectivity index (χ4v) is 1.33. The second kappa shape index (κ2) is 5.87. The Hall–Kier alpha value is -1.55. The van der Waals surface area contributed by atoms with Crippen molar-refractivity contribution in [3.63, 3.8) is 0 Å². The van der Waals surface area contributed by atoms with Crippen LogP contribution in [0.5, 0.6) is 0 Å². The Kier molecular flexibility index (Phi) is 4.73. The van der Waals surface area contributed by atoms with Crippen LogP contribution >= 0.6 is 0 Å². The average Bonchev–Trinajstić information content (AvgIpc) is 2.26. The monoisotopic (exact) mass is 248 g/mol. The van der Waals surface area contributed by atoms with Crippen molar-refractivity contribution < 1.29 is 0 Å². The van der Waals surface area contributed by atoms with Crippen molar-refractivity contribution in [3.8, 4) is 0 Å². The van der Waals surface area contributed by atoms with Crippen LogP contribution in [0.25, 0.3) is 0 Å². The molecule has 4 nitrogen and oxygen atoms in total. The highest BCUT2D eigenvalue weighted by Crippen LogP contribution is 2.11. The molecule has 0 amide bonds. The summed E-state index contributed by atoms with van der Waals surface area (Å²) in [7, 11) is 4.08. The Morgan fingerprint density at radius 2 is 2.06 bits per heavy atom. The van der Waals surface area contributed by atoms with Crippen molar-refractivity contribution >= 4 is 11.6 Å². The molecule has 1 aromatic carbocycles. The molecule has 0 bridgehead atoms. The topological polar surface area (TPSA) is 53.6 Å². The van der Waals surface area contributed by atoms with Crippen LogP contribution in [0.3, 0.4) is 0 Å². The van der Waals surface area contributed by atoms with Gasteiger partial charge in [0.25, 0.3) is 0 Å². The lowest BCUT2D eigenvalue weighted by atomic mass is 10.1. The van der Waals surface area contributed by atoms with E-state index in [1.54, 1.807) is 0 Å². The molecule has 0 radical (unpaired) electrons. The highest BCUT2D eigenvalue weighted by atomic mass is 15.2. The highest BCUT2D eigenvalue weighted by Gasteiger charge is 2.19. The number of nitrogens with two attached hydrogens (primary N) is 1. The van der Waals surface area contributed by atoms with Crippen LogP contribution in [0.4, 0.5) is 5.69 Å². The smallest absolute Gasteiger partial charge is 0.193 e. The van der Waals surface area contributed by atoms with Gasteiger partial charge in [0, 0.05) is 11.2 Å². The Bertz CT molecular complexity index is 422. The third-order valence-corrected chi connectivity index (χ3v) is 3.14. The molecule has 0 fully saturated rings. The lowest BCUT2D eigenvalue weighted by Crippen LogP contribution is -2.41. The van der Waals surface area contributed by atoms with Gasteiger partial charge < -0.3 is 16.0 Å². The van der Waals surface area contributed by atoms with Crippen molar-refractivity contribution in [2.75, 3.05) is 26.0 Å². The number of anilines is 1. The zero-order valence-electron chi connectivity index (χ0n) is 12.0. The quantitative estimate of drug-likeness (QED) is 0.633. The average molecular weight is 248 g/mol. The first-order chi connectivity index (χ1) is 8.31. The fourth-order valence-electron chi connectivity index (χ4n) is 1.33. The number of likely N-dealkylation sites (N-methyl/N-ethyl adjacent to an activating group) is 1. The number of benzene rings is 1. The van der Waals surface area contributed by atoms with Crippen molar-refractivity contribution in [3.05, 3.63) is 29.8 Å². The number of aliphatic imine (C=N–C) groups is 1. The Balaban J connectivity index is 2.63. The number of aryl methyl sites for hydroxylation is 1. The minimum absolute atomic E-state index is 0.00109. The summed E-state index contributed by atoms with van der Waals surface area (Å²) in [6, 6.07) is 8.06. The van der Waals surface area contributed by atoms with E-state index in [-0.39, 0.29) is 5.54 Å². The summed E-state index contributed by atoms with van der Waals surface area (Å²) < 4.78 is 0. The van der Waals surface area contributed by atoms with Crippen LogP contribution in [0.2, 0.25) is 0 Å². The van der Waals surface area contributed by atoms with E-state index >= 15 is 0 Å². The first kappa shape index (κ1) is 14.5. The van der Waals surface area contributed by atoms with Crippen LogP contribution < -0.4 is 11.1 Å². The third-order valence-electron chi connectivity index (χ3n) is 3.14. The predicted molar refractivity (Wildman–Crippen MR) is 79.1 cm³/mol. The van der Waals surface area contributed by atoms with E-state index in [0.29, 0.717) is 12.5 Å². The molecule has 0 heterocycles. The van der Waals surface area contributed by atoms with E-state index < -0.39 is 0 Å². The molecule has 0 aromatic heterocycles. The zero-order valence-corrected chi connectivity index (χ0v) is 12.0. The SMILES string of the molecule is Cc1cccc(NC(N)=NCC(C)(C)N(C)C)c1. The fraction of sp³-hybridized carbons (Fsp3) is 0.500. The summed E-state index contributed by atoms with van der Waals surface area (Å²) in [6.45, 7) is 6.98. The summed E-state index contributed by atoms with van der Waals surface area (Å²) in [5.41, 5.74) is 8.05. The van der Waals surface area contributed by atoms with Crippen LogP contribution in [-0.4, -0.2) is 37.0 Å². The maximum atomic E-state index is 5.88. The summed E-state index contributed by atoms with van der Waals surface area (Å²) in [5, 5.41) is 3.10. The van der Waals surface area contributed by atoms with E-state index in [1.807, 2.05) is 45.3 Å². The van der Waals surface area contributed by atoms with Gasteiger partial charge in [-0.1, -0.05) is 12.1 Å². The largest absolute Gasteiger partial charge is 0.370 e. The van der Waals surface area contributed by atoms with Crippen molar-refractivity contribution in [1.29, 1.82) is 0 Å². The maximum Gasteiger partial charge on any atom is 0.193 e. The van der Waals surface area contributed by atoms with Gasteiger partial charge in [-0.2, -0.15) is 0 Å². The number of nitrogens with zero attached hydrogens (tertiary/aromatic N) is 2. The molecule has 0 saturated heterocycles. The molecule has 0 spiro atoms. The zero-order chi connectivity index (χ0) is 13.8. The van der Waals surface area contributed by atoms with Gasteiger partial charge in [-0.25, -0.2) is 0 Å².